The summed E-state index contributed by atoms with van der Waals surface area (Å²) in [5, 5.41) is 3.45. The van der Waals surface area contributed by atoms with Gasteiger partial charge in [-0.1, -0.05) is 20.8 Å². The van der Waals surface area contributed by atoms with E-state index in [0.29, 0.717) is 11.9 Å². The summed E-state index contributed by atoms with van der Waals surface area (Å²) in [5.74, 6) is 1.15. The molecule has 0 aromatic heterocycles. The second-order valence-electron chi connectivity index (χ2n) is 7.34. The zero-order chi connectivity index (χ0) is 14.0. The van der Waals surface area contributed by atoms with Crippen LogP contribution in [-0.2, 0) is 4.79 Å². The van der Waals surface area contributed by atoms with Crippen molar-refractivity contribution in [3.05, 3.63) is 0 Å². The first-order valence-corrected chi connectivity index (χ1v) is 7.92. The molecule has 1 amide bonds. The van der Waals surface area contributed by atoms with Gasteiger partial charge in [-0.15, -0.1) is 0 Å². The average molecular weight is 266 g/mol. The van der Waals surface area contributed by atoms with E-state index in [1.807, 2.05) is 11.9 Å². The molecule has 1 atom stereocenters. The first-order valence-electron chi connectivity index (χ1n) is 7.92. The average Bonchev–Trinajstić information content (AvgIpc) is 2.37. The van der Waals surface area contributed by atoms with Gasteiger partial charge in [0.1, 0.15) is 0 Å². The van der Waals surface area contributed by atoms with Gasteiger partial charge in [-0.2, -0.15) is 0 Å². The Kier molecular flexibility index (Phi) is 4.54. The molecule has 3 heteroatoms. The molecule has 0 spiro atoms. The molecule has 0 bridgehead atoms. The van der Waals surface area contributed by atoms with E-state index in [0.717, 1.165) is 18.9 Å². The highest BCUT2D eigenvalue weighted by Gasteiger charge is 2.40. The van der Waals surface area contributed by atoms with Crippen molar-refractivity contribution in [1.29, 1.82) is 0 Å². The minimum Gasteiger partial charge on any atom is -0.341 e. The zero-order valence-corrected chi connectivity index (χ0v) is 13.0. The Labute approximate surface area is 118 Å². The standard InChI is InChI=1S/C16H30N2O/c1-12-6-8-13(9-7-12)18(4)15(19)14-16(2,3)10-5-11-17-14/h12-14,17H,5-11H2,1-4H3. The summed E-state index contributed by atoms with van der Waals surface area (Å²) in [4.78, 5) is 14.8. The molecule has 1 unspecified atom stereocenters. The number of nitrogens with one attached hydrogen (secondary N) is 1. The van der Waals surface area contributed by atoms with E-state index >= 15 is 0 Å². The molecule has 19 heavy (non-hydrogen) atoms. The maximum absolute atomic E-state index is 12.8. The molecule has 2 fully saturated rings. The highest BCUT2D eigenvalue weighted by Crippen LogP contribution is 2.33. The van der Waals surface area contributed by atoms with Gasteiger partial charge in [-0.3, -0.25) is 4.79 Å². The molecule has 1 saturated carbocycles. The Morgan fingerprint density at radius 3 is 2.42 bits per heavy atom. The minimum atomic E-state index is 0.00519. The van der Waals surface area contributed by atoms with Crippen LogP contribution in [0.5, 0.6) is 0 Å². The topological polar surface area (TPSA) is 32.3 Å². The summed E-state index contributed by atoms with van der Waals surface area (Å²) in [7, 11) is 2.01. The van der Waals surface area contributed by atoms with E-state index in [9.17, 15) is 4.79 Å². The SMILES string of the molecule is CC1CCC(N(C)C(=O)C2NCCCC2(C)C)CC1. The first-order chi connectivity index (χ1) is 8.92. The second kappa shape index (κ2) is 5.82. The molecule has 0 aromatic carbocycles. The Bertz CT molecular complexity index is 319. The summed E-state index contributed by atoms with van der Waals surface area (Å²) in [6, 6.07) is 0.467. The lowest BCUT2D eigenvalue weighted by Crippen LogP contribution is -2.57. The number of hydrogen-bond donors (Lipinski definition) is 1. The number of carbonyl (C=O) groups excluding carboxylic acids is 1. The predicted molar refractivity (Wildman–Crippen MR) is 79.0 cm³/mol. The maximum Gasteiger partial charge on any atom is 0.240 e. The summed E-state index contributed by atoms with van der Waals surface area (Å²) >= 11 is 0. The van der Waals surface area contributed by atoms with Crippen LogP contribution in [0, 0.1) is 11.3 Å². The number of carbonyl (C=O) groups is 1. The number of likely N-dealkylation sites (N-methyl/N-ethyl adjacent to an activating group) is 1. The van der Waals surface area contributed by atoms with Gasteiger partial charge in [0.25, 0.3) is 0 Å². The largest absolute Gasteiger partial charge is 0.341 e. The molecule has 0 radical (unpaired) electrons. The summed E-state index contributed by atoms with van der Waals surface area (Å²) in [6.07, 6.45) is 7.22. The van der Waals surface area contributed by atoms with Crippen LogP contribution in [0.1, 0.15) is 59.3 Å². The van der Waals surface area contributed by atoms with Gasteiger partial charge < -0.3 is 10.2 Å². The molecule has 1 saturated heterocycles. The third kappa shape index (κ3) is 3.31. The molecular weight excluding hydrogens is 236 g/mol. The molecule has 2 rings (SSSR count). The summed E-state index contributed by atoms with van der Waals surface area (Å²) in [6.45, 7) is 7.75. The Morgan fingerprint density at radius 2 is 1.84 bits per heavy atom. The normalized spacial score (nSPS) is 34.8. The Hall–Kier alpha value is -0.570. The highest BCUT2D eigenvalue weighted by molar-refractivity contribution is 5.83. The number of hydrogen-bond acceptors (Lipinski definition) is 2. The van der Waals surface area contributed by atoms with E-state index < -0.39 is 0 Å². The fourth-order valence-corrected chi connectivity index (χ4v) is 3.65. The first kappa shape index (κ1) is 14.8. The van der Waals surface area contributed by atoms with Crippen LogP contribution in [0.25, 0.3) is 0 Å². The lowest BCUT2D eigenvalue weighted by molar-refractivity contribution is -0.139. The Morgan fingerprint density at radius 1 is 1.21 bits per heavy atom. The van der Waals surface area contributed by atoms with Gasteiger partial charge in [0.15, 0.2) is 0 Å². The van der Waals surface area contributed by atoms with E-state index in [1.54, 1.807) is 0 Å². The van der Waals surface area contributed by atoms with E-state index in [4.69, 9.17) is 0 Å². The quantitative estimate of drug-likeness (QED) is 0.833. The molecule has 0 aromatic rings. The fourth-order valence-electron chi connectivity index (χ4n) is 3.65. The smallest absolute Gasteiger partial charge is 0.240 e. The van der Waals surface area contributed by atoms with Crippen molar-refractivity contribution in [2.75, 3.05) is 13.6 Å². The van der Waals surface area contributed by atoms with Crippen molar-refractivity contribution in [2.24, 2.45) is 11.3 Å². The van der Waals surface area contributed by atoms with Gasteiger partial charge in [0.05, 0.1) is 6.04 Å². The third-order valence-corrected chi connectivity index (χ3v) is 5.26. The van der Waals surface area contributed by atoms with Crippen molar-refractivity contribution in [3.8, 4) is 0 Å². The van der Waals surface area contributed by atoms with Crippen LogP contribution in [0.3, 0.4) is 0 Å². The molecule has 2 aliphatic rings. The van der Waals surface area contributed by atoms with Gasteiger partial charge in [0.2, 0.25) is 5.91 Å². The Balaban J connectivity index is 1.98. The molecular formula is C16H30N2O. The highest BCUT2D eigenvalue weighted by atomic mass is 16.2. The van der Waals surface area contributed by atoms with Crippen LogP contribution >= 0.6 is 0 Å². The minimum absolute atomic E-state index is 0.00519. The molecule has 1 N–H and O–H groups in total. The van der Waals surface area contributed by atoms with Crippen molar-refractivity contribution in [3.63, 3.8) is 0 Å². The lowest BCUT2D eigenvalue weighted by Gasteiger charge is -2.42. The maximum atomic E-state index is 12.8. The lowest BCUT2D eigenvalue weighted by atomic mass is 9.76. The van der Waals surface area contributed by atoms with Gasteiger partial charge >= 0.3 is 0 Å². The molecule has 3 nitrogen and oxygen atoms in total. The van der Waals surface area contributed by atoms with Crippen LogP contribution in [0.4, 0.5) is 0 Å². The van der Waals surface area contributed by atoms with Crippen molar-refractivity contribution in [2.45, 2.75) is 71.4 Å². The molecule has 1 heterocycles. The second-order valence-corrected chi connectivity index (χ2v) is 7.34. The summed E-state index contributed by atoms with van der Waals surface area (Å²) < 4.78 is 0. The fraction of sp³-hybridized carbons (Fsp3) is 0.938. The monoisotopic (exact) mass is 266 g/mol. The van der Waals surface area contributed by atoms with Crippen LogP contribution in [0.2, 0.25) is 0 Å². The van der Waals surface area contributed by atoms with Crippen LogP contribution < -0.4 is 5.32 Å². The molecule has 1 aliphatic heterocycles. The van der Waals surface area contributed by atoms with Crippen molar-refractivity contribution >= 4 is 5.91 Å². The van der Waals surface area contributed by atoms with Crippen molar-refractivity contribution < 1.29 is 4.79 Å². The van der Waals surface area contributed by atoms with E-state index in [2.05, 4.69) is 26.1 Å². The predicted octanol–water partition coefficient (Wildman–Crippen LogP) is 2.80. The zero-order valence-electron chi connectivity index (χ0n) is 13.0. The molecule has 1 aliphatic carbocycles. The van der Waals surface area contributed by atoms with Crippen LogP contribution in [-0.4, -0.2) is 36.5 Å². The summed E-state index contributed by atoms with van der Waals surface area (Å²) in [5.41, 5.74) is 0.0888. The van der Waals surface area contributed by atoms with Gasteiger partial charge in [0, 0.05) is 13.1 Å². The number of nitrogens with zero attached hydrogens (tertiary/aromatic N) is 1. The number of amides is 1. The molecule has 110 valence electrons. The van der Waals surface area contributed by atoms with Gasteiger partial charge in [-0.25, -0.2) is 0 Å². The van der Waals surface area contributed by atoms with E-state index in [1.165, 1.54) is 32.1 Å². The van der Waals surface area contributed by atoms with Crippen molar-refractivity contribution in [1.82, 2.24) is 10.2 Å². The van der Waals surface area contributed by atoms with Crippen LogP contribution in [0.15, 0.2) is 0 Å². The third-order valence-electron chi connectivity index (χ3n) is 5.26. The van der Waals surface area contributed by atoms with E-state index in [-0.39, 0.29) is 11.5 Å². The number of piperidine rings is 1. The van der Waals surface area contributed by atoms with Gasteiger partial charge in [-0.05, 0) is 56.4 Å². The number of rotatable bonds is 2.